The summed E-state index contributed by atoms with van der Waals surface area (Å²) in [4.78, 5) is 0. The van der Waals surface area contributed by atoms with E-state index >= 15 is 0 Å². The van der Waals surface area contributed by atoms with Gasteiger partial charge in [0.1, 0.15) is 67.1 Å². The number of rotatable bonds is 8. The summed E-state index contributed by atoms with van der Waals surface area (Å²) in [5.41, 5.74) is 1.48. The molecule has 354 valence electrons. The van der Waals surface area contributed by atoms with Crippen molar-refractivity contribution in [2.45, 2.75) is 203 Å². The Morgan fingerprint density at radius 1 is 0.710 bits per heavy atom. The van der Waals surface area contributed by atoms with Gasteiger partial charge in [-0.2, -0.15) is 0 Å². The zero-order valence-corrected chi connectivity index (χ0v) is 36.6. The average molecular weight is 885 g/mol. The van der Waals surface area contributed by atoms with E-state index in [1.807, 2.05) is 0 Å². The summed E-state index contributed by atoms with van der Waals surface area (Å²) >= 11 is 0. The predicted molar refractivity (Wildman–Crippen MR) is 214 cm³/mol. The lowest BCUT2D eigenvalue weighted by Gasteiger charge is -2.58. The van der Waals surface area contributed by atoms with E-state index in [-0.39, 0.29) is 23.0 Å². The van der Waals surface area contributed by atoms with Gasteiger partial charge in [-0.05, 0) is 98.7 Å². The van der Waals surface area contributed by atoms with Crippen molar-refractivity contribution in [3.05, 3.63) is 11.6 Å². The molecule has 5 aliphatic heterocycles. The van der Waals surface area contributed by atoms with Crippen molar-refractivity contribution in [1.82, 2.24) is 0 Å². The summed E-state index contributed by atoms with van der Waals surface area (Å²) in [7, 11) is 0. The van der Waals surface area contributed by atoms with Crippen LogP contribution in [0, 0.1) is 46.3 Å². The lowest BCUT2D eigenvalue weighted by Crippen LogP contribution is -2.65. The van der Waals surface area contributed by atoms with Gasteiger partial charge in [-0.25, -0.2) is 0 Å². The van der Waals surface area contributed by atoms with Gasteiger partial charge in [0.25, 0.3) is 0 Å². The van der Waals surface area contributed by atoms with E-state index in [0.717, 1.165) is 51.6 Å². The normalized spacial score (nSPS) is 57.6. The van der Waals surface area contributed by atoms with Crippen LogP contribution in [0.25, 0.3) is 0 Å². The van der Waals surface area contributed by atoms with Crippen LogP contribution in [-0.4, -0.2) is 176 Å². The molecule has 5 saturated heterocycles. The predicted octanol–water partition coefficient (Wildman–Crippen LogP) is 0.214. The third-order valence-corrected chi connectivity index (χ3v) is 17.7. The molecule has 9 rings (SSSR count). The Labute approximate surface area is 363 Å². The summed E-state index contributed by atoms with van der Waals surface area (Å²) in [5.74, 6) is 2.56. The minimum atomic E-state index is -1.70. The van der Waals surface area contributed by atoms with Crippen LogP contribution in [0.5, 0.6) is 0 Å². The highest BCUT2D eigenvalue weighted by molar-refractivity contribution is 5.26. The summed E-state index contributed by atoms with van der Waals surface area (Å²) in [5, 5.41) is 95.3. The van der Waals surface area contributed by atoms with E-state index in [1.165, 1.54) is 12.5 Å². The largest absolute Gasteiger partial charge is 0.394 e. The van der Waals surface area contributed by atoms with Gasteiger partial charge < -0.3 is 83.9 Å². The maximum absolute atomic E-state index is 11.6. The van der Waals surface area contributed by atoms with E-state index in [9.17, 15) is 46.0 Å². The highest BCUT2D eigenvalue weighted by atomic mass is 16.8. The first-order chi connectivity index (χ1) is 29.4. The van der Waals surface area contributed by atoms with Crippen LogP contribution in [-0.2, 0) is 37.9 Å². The van der Waals surface area contributed by atoms with Crippen LogP contribution in [0.3, 0.4) is 0 Å². The number of aliphatic hydroxyl groups is 9. The third kappa shape index (κ3) is 7.58. The van der Waals surface area contributed by atoms with Crippen LogP contribution < -0.4 is 0 Å². The summed E-state index contributed by atoms with van der Waals surface area (Å²) in [6, 6.07) is 0. The lowest BCUT2D eigenvalue weighted by atomic mass is 9.47. The maximum Gasteiger partial charge on any atom is 0.187 e. The van der Waals surface area contributed by atoms with E-state index in [0.29, 0.717) is 48.3 Å². The van der Waals surface area contributed by atoms with Gasteiger partial charge in [-0.1, -0.05) is 39.3 Å². The molecule has 0 radical (unpaired) electrons. The van der Waals surface area contributed by atoms with Crippen LogP contribution in [0.4, 0.5) is 0 Å². The monoisotopic (exact) mass is 884 g/mol. The van der Waals surface area contributed by atoms with E-state index in [2.05, 4.69) is 33.8 Å². The topological polar surface area (TPSA) is 256 Å². The van der Waals surface area contributed by atoms with Crippen LogP contribution in [0.2, 0.25) is 0 Å². The van der Waals surface area contributed by atoms with E-state index < -0.39 is 111 Å². The number of ether oxygens (including phenoxy) is 8. The molecule has 3 saturated carbocycles. The number of hydrogen-bond acceptors (Lipinski definition) is 17. The molecule has 4 aliphatic carbocycles. The number of fused-ring (bicyclic) bond motifs is 7. The van der Waals surface area contributed by atoms with Crippen molar-refractivity contribution in [3.63, 3.8) is 0 Å². The molecular weight excluding hydrogens is 812 g/mol. The lowest BCUT2D eigenvalue weighted by molar-refractivity contribution is -0.375. The standard InChI is InChI=1S/C45H72O17/c1-19-8-13-45(56-17-19)20(2)30-27(62-45)15-26-24-7-6-22-14-23(9-11-43(22,4)25(24)10-12-44(26,30)5)58-42-39(61-41-38(54)34(50)31(47)21(3)57-41)36(52)33(49)29(60-42)18-55-40-37(53)35(51)32(48)28(16-46)59-40/h6,19-21,23-42,46-54H,7-18H2,1-5H3/t19-,20+,21+,23+,24?,25?,26?,27?,28-,29-,30?,31+,32-,33-,34-,35+,36+,37-,38-,39-,40-,41-,42-,43+,44+,45?/m1/s1. The first-order valence-corrected chi connectivity index (χ1v) is 23.4. The molecule has 9 aliphatic rings. The Kier molecular flexibility index (Phi) is 12.9. The highest BCUT2D eigenvalue weighted by Gasteiger charge is 2.69. The second-order valence-corrected chi connectivity index (χ2v) is 21.1. The van der Waals surface area contributed by atoms with Gasteiger partial charge in [-0.3, -0.25) is 0 Å². The van der Waals surface area contributed by atoms with E-state index in [1.54, 1.807) is 0 Å². The molecule has 9 N–H and O–H groups in total. The minimum absolute atomic E-state index is 0.0356. The van der Waals surface area contributed by atoms with Crippen LogP contribution in [0.15, 0.2) is 11.6 Å². The Balaban J connectivity index is 0.903. The van der Waals surface area contributed by atoms with Gasteiger partial charge in [-0.15, -0.1) is 0 Å². The number of hydrogen-bond donors (Lipinski definition) is 9. The smallest absolute Gasteiger partial charge is 0.187 e. The Bertz CT molecular complexity index is 1610. The summed E-state index contributed by atoms with van der Waals surface area (Å²) < 4.78 is 49.5. The van der Waals surface area contributed by atoms with Gasteiger partial charge >= 0.3 is 0 Å². The van der Waals surface area contributed by atoms with Crippen molar-refractivity contribution in [3.8, 4) is 0 Å². The molecule has 0 aromatic rings. The Morgan fingerprint density at radius 3 is 2.15 bits per heavy atom. The maximum atomic E-state index is 11.6. The fourth-order valence-electron chi connectivity index (χ4n) is 13.9. The van der Waals surface area contributed by atoms with Crippen molar-refractivity contribution >= 4 is 0 Å². The van der Waals surface area contributed by atoms with E-state index in [4.69, 9.17) is 37.9 Å². The molecule has 26 atom stereocenters. The Hall–Kier alpha value is -0.940. The van der Waals surface area contributed by atoms with Crippen molar-refractivity contribution < 1.29 is 83.9 Å². The molecule has 0 aromatic heterocycles. The van der Waals surface area contributed by atoms with Gasteiger partial charge in [0.2, 0.25) is 0 Å². The van der Waals surface area contributed by atoms with Crippen LogP contribution in [0.1, 0.15) is 92.4 Å². The highest BCUT2D eigenvalue weighted by Crippen LogP contribution is 2.70. The molecule has 17 nitrogen and oxygen atoms in total. The Morgan fingerprint density at radius 2 is 1.42 bits per heavy atom. The molecule has 62 heavy (non-hydrogen) atoms. The molecule has 6 unspecified atom stereocenters. The summed E-state index contributed by atoms with van der Waals surface area (Å²) in [6.07, 6.45) is -11.5. The number of allylic oxidation sites excluding steroid dienone is 1. The molecule has 1 spiro atoms. The fraction of sp³-hybridized carbons (Fsp3) is 0.956. The third-order valence-electron chi connectivity index (χ3n) is 17.7. The van der Waals surface area contributed by atoms with Gasteiger partial charge in [0.15, 0.2) is 24.7 Å². The van der Waals surface area contributed by atoms with Crippen molar-refractivity contribution in [1.29, 1.82) is 0 Å². The van der Waals surface area contributed by atoms with Crippen molar-refractivity contribution in [2.24, 2.45) is 46.3 Å². The quantitative estimate of drug-likeness (QED) is 0.148. The first-order valence-electron chi connectivity index (χ1n) is 23.4. The van der Waals surface area contributed by atoms with Crippen molar-refractivity contribution in [2.75, 3.05) is 19.8 Å². The second-order valence-electron chi connectivity index (χ2n) is 21.1. The first kappa shape index (κ1) is 46.2. The van der Waals surface area contributed by atoms with Gasteiger partial charge in [0.05, 0.1) is 38.1 Å². The molecule has 0 amide bonds. The second kappa shape index (κ2) is 17.3. The zero-order chi connectivity index (χ0) is 44.2. The SMILES string of the molecule is C[C@@H]1CCC2(OC1)OC1CC3C4CC=C5C[C@@H](O[C@@H]6O[C@H](CO[C@@H]7O[C@H](CO)[C@@H](O)[C@H](O)[C@H]7O)[C@@H](O)[C@H](O)[C@H]6O[C@H]6O[C@@H](C)[C@H](O)[C@@H](O)[C@H]6O)CC[C@]5(C)C4CC[C@]3(C)C1[C@@H]2C. The van der Waals surface area contributed by atoms with Crippen LogP contribution >= 0.6 is 0 Å². The van der Waals surface area contributed by atoms with Gasteiger partial charge in [0, 0.05) is 12.3 Å². The summed E-state index contributed by atoms with van der Waals surface area (Å²) in [6.45, 7) is 10.7. The average Bonchev–Trinajstić information content (AvgIpc) is 3.70. The molecular formula is C45H72O17. The molecule has 0 bridgehead atoms. The number of aliphatic hydroxyl groups excluding tert-OH is 9. The molecule has 8 fully saturated rings. The minimum Gasteiger partial charge on any atom is -0.394 e. The zero-order valence-electron chi connectivity index (χ0n) is 36.6. The molecule has 0 aromatic carbocycles. The molecule has 17 heteroatoms. The fourth-order valence-corrected chi connectivity index (χ4v) is 13.9. The molecule has 5 heterocycles.